The van der Waals surface area contributed by atoms with Crippen molar-refractivity contribution in [1.82, 2.24) is 5.32 Å². The summed E-state index contributed by atoms with van der Waals surface area (Å²) in [7, 11) is 0. The highest BCUT2D eigenvalue weighted by Gasteiger charge is 2.27. The van der Waals surface area contributed by atoms with Crippen LogP contribution in [-0.4, -0.2) is 28.7 Å². The highest BCUT2D eigenvalue weighted by Crippen LogP contribution is 2.17. The summed E-state index contributed by atoms with van der Waals surface area (Å²) in [5, 5.41) is 18.8. The Labute approximate surface area is 154 Å². The second kappa shape index (κ2) is 7.65. The molecule has 3 rings (SSSR count). The van der Waals surface area contributed by atoms with Crippen molar-refractivity contribution in [2.24, 2.45) is 4.99 Å². The molecule has 0 aromatic heterocycles. The molecule has 2 aromatic carbocycles. The number of aliphatic imine (C=N–C) groups is 1. The molecule has 2 aromatic rings. The van der Waals surface area contributed by atoms with Crippen LogP contribution in [0, 0.1) is 17.0 Å². The fraction of sp³-hybridized carbons (Fsp3) is 0.167. The maximum absolute atomic E-state index is 12.4. The molecule has 0 bridgehead atoms. The van der Waals surface area contributed by atoms with Gasteiger partial charge < -0.3 is 10.6 Å². The molecule has 1 aliphatic rings. The van der Waals surface area contributed by atoms with E-state index in [0.717, 1.165) is 11.3 Å². The van der Waals surface area contributed by atoms with E-state index < -0.39 is 16.9 Å². The van der Waals surface area contributed by atoms with Crippen LogP contribution >= 0.6 is 0 Å². The third-order valence-corrected chi connectivity index (χ3v) is 3.88. The summed E-state index contributed by atoms with van der Waals surface area (Å²) >= 11 is 0. The standard InChI is InChI=1S/C18H17N5O4/c1-11-2-4-13(5-3-11)20-18-21-15(10-16(24)22-18)17(25)19-12-6-8-14(9-7-12)23(26)27/h2-9,15H,10H2,1H3,(H,19,25)(H2,20,21,22,24)/t15-/m0/s1. The molecular weight excluding hydrogens is 350 g/mol. The Morgan fingerprint density at radius 2 is 1.78 bits per heavy atom. The highest BCUT2D eigenvalue weighted by molar-refractivity contribution is 6.10. The molecule has 138 valence electrons. The van der Waals surface area contributed by atoms with Gasteiger partial charge in [-0.2, -0.15) is 0 Å². The van der Waals surface area contributed by atoms with Crippen molar-refractivity contribution in [3.63, 3.8) is 0 Å². The van der Waals surface area contributed by atoms with Crippen LogP contribution in [0.25, 0.3) is 0 Å². The molecule has 0 saturated carbocycles. The molecule has 9 heteroatoms. The van der Waals surface area contributed by atoms with E-state index in [9.17, 15) is 19.7 Å². The van der Waals surface area contributed by atoms with Crippen molar-refractivity contribution in [3.8, 4) is 0 Å². The van der Waals surface area contributed by atoms with Crippen molar-refractivity contribution in [2.45, 2.75) is 19.4 Å². The predicted octanol–water partition coefficient (Wildman–Crippen LogP) is 2.20. The zero-order chi connectivity index (χ0) is 19.4. The number of carbonyl (C=O) groups excluding carboxylic acids is 2. The van der Waals surface area contributed by atoms with Crippen molar-refractivity contribution >= 4 is 34.8 Å². The minimum Gasteiger partial charge on any atom is -0.326 e. The number of rotatable bonds is 4. The zero-order valence-electron chi connectivity index (χ0n) is 14.4. The third-order valence-electron chi connectivity index (χ3n) is 3.88. The summed E-state index contributed by atoms with van der Waals surface area (Å²) < 4.78 is 0. The summed E-state index contributed by atoms with van der Waals surface area (Å²) in [5.41, 5.74) is 2.14. The van der Waals surface area contributed by atoms with E-state index >= 15 is 0 Å². The fourth-order valence-corrected chi connectivity index (χ4v) is 2.47. The summed E-state index contributed by atoms with van der Waals surface area (Å²) in [4.78, 5) is 38.7. The van der Waals surface area contributed by atoms with Crippen LogP contribution in [0.2, 0.25) is 0 Å². The first-order chi connectivity index (χ1) is 12.9. The van der Waals surface area contributed by atoms with Gasteiger partial charge >= 0.3 is 0 Å². The average molecular weight is 367 g/mol. The molecule has 0 radical (unpaired) electrons. The summed E-state index contributed by atoms with van der Waals surface area (Å²) in [6, 6.07) is 12.0. The lowest BCUT2D eigenvalue weighted by molar-refractivity contribution is -0.384. The van der Waals surface area contributed by atoms with Gasteiger partial charge in [-0.1, -0.05) is 17.7 Å². The molecule has 0 spiro atoms. The van der Waals surface area contributed by atoms with Crippen molar-refractivity contribution in [3.05, 3.63) is 64.2 Å². The van der Waals surface area contributed by atoms with Gasteiger partial charge in [0.05, 0.1) is 11.3 Å². The topological polar surface area (TPSA) is 126 Å². The lowest BCUT2D eigenvalue weighted by Gasteiger charge is -2.21. The number of anilines is 2. The van der Waals surface area contributed by atoms with Crippen molar-refractivity contribution in [2.75, 3.05) is 10.6 Å². The van der Waals surface area contributed by atoms with Crippen LogP contribution in [0.15, 0.2) is 53.5 Å². The molecule has 27 heavy (non-hydrogen) atoms. The van der Waals surface area contributed by atoms with Gasteiger partial charge in [0, 0.05) is 23.5 Å². The summed E-state index contributed by atoms with van der Waals surface area (Å²) in [6.45, 7) is 1.96. The van der Waals surface area contributed by atoms with Gasteiger partial charge in [-0.15, -0.1) is 0 Å². The van der Waals surface area contributed by atoms with E-state index in [1.807, 2.05) is 31.2 Å². The SMILES string of the molecule is Cc1ccc(NC2=N[C@H](C(=O)Nc3ccc([N+](=O)[O-])cc3)CC(=O)N2)cc1. The first-order valence-electron chi connectivity index (χ1n) is 8.17. The lowest BCUT2D eigenvalue weighted by atomic mass is 10.1. The molecule has 9 nitrogen and oxygen atoms in total. The maximum atomic E-state index is 12.4. The first-order valence-corrected chi connectivity index (χ1v) is 8.17. The number of non-ortho nitro benzene ring substituents is 1. The number of hydrogen-bond acceptors (Lipinski definition) is 6. The number of nitrogens with zero attached hydrogens (tertiary/aromatic N) is 2. The Morgan fingerprint density at radius 1 is 1.15 bits per heavy atom. The molecule has 3 N–H and O–H groups in total. The first kappa shape index (κ1) is 18.1. The van der Waals surface area contributed by atoms with Crippen LogP contribution in [0.5, 0.6) is 0 Å². The molecule has 2 amide bonds. The van der Waals surface area contributed by atoms with Crippen molar-refractivity contribution in [1.29, 1.82) is 0 Å². The van der Waals surface area contributed by atoms with E-state index in [-0.39, 0.29) is 24.0 Å². The highest BCUT2D eigenvalue weighted by atomic mass is 16.6. The van der Waals surface area contributed by atoms with E-state index in [2.05, 4.69) is 20.9 Å². The fourth-order valence-electron chi connectivity index (χ4n) is 2.47. The Hall–Kier alpha value is -3.75. The number of nitro benzene ring substituents is 1. The number of amides is 2. The summed E-state index contributed by atoms with van der Waals surface area (Å²) in [5.74, 6) is -0.607. The number of guanidine groups is 1. The van der Waals surface area contributed by atoms with Gasteiger partial charge in [-0.05, 0) is 31.2 Å². The minimum atomic E-state index is -0.901. The molecule has 0 saturated heterocycles. The molecule has 0 aliphatic carbocycles. The molecule has 0 fully saturated rings. The maximum Gasteiger partial charge on any atom is 0.269 e. The largest absolute Gasteiger partial charge is 0.326 e. The normalized spacial score (nSPS) is 16.1. The van der Waals surface area contributed by atoms with Crippen LogP contribution in [0.4, 0.5) is 17.1 Å². The molecule has 1 aliphatic heterocycles. The number of benzene rings is 2. The third kappa shape index (κ3) is 4.66. The van der Waals surface area contributed by atoms with E-state index in [1.54, 1.807) is 0 Å². The van der Waals surface area contributed by atoms with Gasteiger partial charge in [0.1, 0.15) is 6.04 Å². The van der Waals surface area contributed by atoms with Crippen LogP contribution in [0.3, 0.4) is 0 Å². The molecule has 1 heterocycles. The van der Waals surface area contributed by atoms with Gasteiger partial charge in [-0.3, -0.25) is 25.0 Å². The number of aryl methyl sites for hydroxylation is 1. The van der Waals surface area contributed by atoms with E-state index in [1.165, 1.54) is 24.3 Å². The Morgan fingerprint density at radius 3 is 2.41 bits per heavy atom. The monoisotopic (exact) mass is 367 g/mol. The number of nitro groups is 1. The molecule has 0 unspecified atom stereocenters. The minimum absolute atomic E-state index is 0.0763. The van der Waals surface area contributed by atoms with Crippen LogP contribution in [0.1, 0.15) is 12.0 Å². The average Bonchev–Trinajstić information content (AvgIpc) is 2.63. The van der Waals surface area contributed by atoms with E-state index in [4.69, 9.17) is 0 Å². The smallest absolute Gasteiger partial charge is 0.269 e. The number of hydrogen-bond donors (Lipinski definition) is 3. The van der Waals surface area contributed by atoms with Crippen LogP contribution < -0.4 is 16.0 Å². The number of carbonyl (C=O) groups is 2. The van der Waals surface area contributed by atoms with Crippen molar-refractivity contribution < 1.29 is 14.5 Å². The van der Waals surface area contributed by atoms with Gasteiger partial charge in [0.2, 0.25) is 17.8 Å². The zero-order valence-corrected chi connectivity index (χ0v) is 14.4. The lowest BCUT2D eigenvalue weighted by Crippen LogP contribution is -2.45. The quantitative estimate of drug-likeness (QED) is 0.564. The van der Waals surface area contributed by atoms with Gasteiger partial charge in [0.15, 0.2) is 0 Å². The Balaban J connectivity index is 1.70. The van der Waals surface area contributed by atoms with E-state index in [0.29, 0.717) is 5.69 Å². The van der Waals surface area contributed by atoms with Gasteiger partial charge in [-0.25, -0.2) is 4.99 Å². The number of nitrogens with one attached hydrogen (secondary N) is 3. The Bertz CT molecular complexity index is 906. The second-order valence-electron chi connectivity index (χ2n) is 6.03. The van der Waals surface area contributed by atoms with Crippen LogP contribution in [-0.2, 0) is 9.59 Å². The predicted molar refractivity (Wildman–Crippen MR) is 101 cm³/mol. The molecule has 1 atom stereocenters. The van der Waals surface area contributed by atoms with Gasteiger partial charge in [0.25, 0.3) is 5.69 Å². The molecular formula is C18H17N5O4. The second-order valence-corrected chi connectivity index (χ2v) is 6.03. The Kier molecular flexibility index (Phi) is 5.11. The summed E-state index contributed by atoms with van der Waals surface area (Å²) in [6.07, 6.45) is -0.0854.